The molecule has 0 amide bonds. The van der Waals surface area contributed by atoms with Crippen LogP contribution in [0.2, 0.25) is 0 Å². The molecule has 1 heterocycles. The molecule has 4 rings (SSSR count). The lowest BCUT2D eigenvalue weighted by atomic mass is 9.95. The average Bonchev–Trinajstić information content (AvgIpc) is 2.63. The number of nitrogens with one attached hydrogen (secondary N) is 1. The number of carbonyl (C=O) groups excluding carboxylic acids is 2. The molecule has 1 atom stereocenters. The van der Waals surface area contributed by atoms with Crippen molar-refractivity contribution in [2.24, 2.45) is 0 Å². The van der Waals surface area contributed by atoms with Gasteiger partial charge in [0.25, 0.3) is 0 Å². The van der Waals surface area contributed by atoms with E-state index in [1.807, 2.05) is 24.3 Å². The molecule has 0 aromatic heterocycles. The topological polar surface area (TPSA) is 80.3 Å². The summed E-state index contributed by atoms with van der Waals surface area (Å²) in [5.41, 5.74) is -0.118. The van der Waals surface area contributed by atoms with E-state index in [4.69, 9.17) is 0 Å². The zero-order valence-electron chi connectivity index (χ0n) is 13.3. The molecule has 3 aromatic rings. The molecule has 7 heteroatoms. The van der Waals surface area contributed by atoms with Crippen molar-refractivity contribution in [3.63, 3.8) is 0 Å². The van der Waals surface area contributed by atoms with Crippen LogP contribution in [0.3, 0.4) is 0 Å². The molecule has 5 nitrogen and oxygen atoms in total. The monoisotopic (exact) mass is 369 g/mol. The standard InChI is InChI=1S/C19H12FNO4S/c20-14-7-8-16-15(10-14)19(23)17(21-26(16,24)25)18(22)13-6-5-11-3-1-2-4-12(11)9-13/h1-10,17,21H. The Kier molecular flexibility index (Phi) is 3.71. The lowest BCUT2D eigenvalue weighted by molar-refractivity contribution is 0.0846. The lowest BCUT2D eigenvalue weighted by Gasteiger charge is -2.23. The van der Waals surface area contributed by atoms with Crippen molar-refractivity contribution in [2.75, 3.05) is 0 Å². The van der Waals surface area contributed by atoms with Crippen LogP contribution in [0.25, 0.3) is 10.8 Å². The molecule has 0 saturated heterocycles. The molecule has 0 spiro atoms. The van der Waals surface area contributed by atoms with Crippen LogP contribution in [0.4, 0.5) is 4.39 Å². The van der Waals surface area contributed by atoms with E-state index in [-0.39, 0.29) is 16.0 Å². The summed E-state index contributed by atoms with van der Waals surface area (Å²) in [6.07, 6.45) is 0. The van der Waals surface area contributed by atoms with Gasteiger partial charge in [0, 0.05) is 11.1 Å². The van der Waals surface area contributed by atoms with Gasteiger partial charge in [-0.3, -0.25) is 9.59 Å². The Morgan fingerprint density at radius 1 is 0.962 bits per heavy atom. The molecule has 0 aliphatic carbocycles. The highest BCUT2D eigenvalue weighted by Crippen LogP contribution is 2.26. The fourth-order valence-corrected chi connectivity index (χ4v) is 4.39. The quantitative estimate of drug-likeness (QED) is 0.556. The summed E-state index contributed by atoms with van der Waals surface area (Å²) in [4.78, 5) is 25.1. The fourth-order valence-electron chi connectivity index (χ4n) is 3.04. The second kappa shape index (κ2) is 5.82. The minimum absolute atomic E-state index is 0.199. The maximum atomic E-state index is 13.5. The lowest BCUT2D eigenvalue weighted by Crippen LogP contribution is -2.50. The Labute approximate surface area is 148 Å². The van der Waals surface area contributed by atoms with Gasteiger partial charge >= 0.3 is 0 Å². The van der Waals surface area contributed by atoms with Crippen LogP contribution in [0, 0.1) is 5.82 Å². The van der Waals surface area contributed by atoms with E-state index in [1.165, 1.54) is 6.07 Å². The van der Waals surface area contributed by atoms with Crippen LogP contribution >= 0.6 is 0 Å². The number of hydrogen-bond donors (Lipinski definition) is 1. The van der Waals surface area contributed by atoms with Crippen LogP contribution in [-0.2, 0) is 10.0 Å². The minimum Gasteiger partial charge on any atom is -0.292 e. The molecule has 130 valence electrons. The average molecular weight is 369 g/mol. The molecule has 1 N–H and O–H groups in total. The van der Waals surface area contributed by atoms with Gasteiger partial charge in [0.15, 0.2) is 11.6 Å². The third kappa shape index (κ3) is 2.61. The van der Waals surface area contributed by atoms with Gasteiger partial charge in [-0.1, -0.05) is 36.4 Å². The first-order chi connectivity index (χ1) is 12.4. The van der Waals surface area contributed by atoms with Crippen LogP contribution in [-0.4, -0.2) is 26.0 Å². The number of carbonyl (C=O) groups is 2. The number of fused-ring (bicyclic) bond motifs is 2. The van der Waals surface area contributed by atoms with E-state index >= 15 is 0 Å². The number of rotatable bonds is 2. The largest absolute Gasteiger partial charge is 0.292 e. The molecule has 3 aromatic carbocycles. The number of hydrogen-bond acceptors (Lipinski definition) is 4. The van der Waals surface area contributed by atoms with Crippen LogP contribution < -0.4 is 4.72 Å². The van der Waals surface area contributed by atoms with Crippen molar-refractivity contribution < 1.29 is 22.4 Å². The Morgan fingerprint density at radius 3 is 2.46 bits per heavy atom. The first-order valence-electron chi connectivity index (χ1n) is 7.76. The minimum atomic E-state index is -4.09. The Bertz CT molecular complexity index is 1190. The van der Waals surface area contributed by atoms with Crippen LogP contribution in [0.5, 0.6) is 0 Å². The highest BCUT2D eigenvalue weighted by atomic mass is 32.2. The Balaban J connectivity index is 1.79. The number of halogens is 1. The third-order valence-corrected chi connectivity index (χ3v) is 5.81. The highest BCUT2D eigenvalue weighted by molar-refractivity contribution is 7.89. The van der Waals surface area contributed by atoms with Crippen molar-refractivity contribution in [3.8, 4) is 0 Å². The van der Waals surface area contributed by atoms with E-state index in [9.17, 15) is 22.4 Å². The number of Topliss-reactive ketones (excluding diaryl/α,β-unsaturated/α-hetero) is 2. The summed E-state index contributed by atoms with van der Waals surface area (Å²) in [5.74, 6) is -2.20. The summed E-state index contributed by atoms with van der Waals surface area (Å²) in [6.45, 7) is 0. The first-order valence-corrected chi connectivity index (χ1v) is 9.24. The van der Waals surface area contributed by atoms with Crippen molar-refractivity contribution in [3.05, 3.63) is 77.6 Å². The van der Waals surface area contributed by atoms with E-state index < -0.39 is 33.4 Å². The summed E-state index contributed by atoms with van der Waals surface area (Å²) >= 11 is 0. The summed E-state index contributed by atoms with van der Waals surface area (Å²) < 4.78 is 40.3. The first kappa shape index (κ1) is 16.6. The Hall–Kier alpha value is -2.90. The molecule has 1 aliphatic heterocycles. The van der Waals surface area contributed by atoms with Gasteiger partial charge in [0.05, 0.1) is 4.90 Å². The van der Waals surface area contributed by atoms with E-state index in [1.54, 1.807) is 12.1 Å². The van der Waals surface area contributed by atoms with Gasteiger partial charge in [-0.2, -0.15) is 4.72 Å². The van der Waals surface area contributed by atoms with Gasteiger partial charge < -0.3 is 0 Å². The maximum absolute atomic E-state index is 13.5. The molecule has 0 fully saturated rings. The van der Waals surface area contributed by atoms with Gasteiger partial charge in [0.2, 0.25) is 10.0 Å². The number of benzene rings is 3. The molecule has 0 bridgehead atoms. The van der Waals surface area contributed by atoms with Crippen molar-refractivity contribution in [1.82, 2.24) is 4.72 Å². The van der Waals surface area contributed by atoms with Gasteiger partial charge in [-0.25, -0.2) is 12.8 Å². The third-order valence-electron chi connectivity index (χ3n) is 4.33. The van der Waals surface area contributed by atoms with E-state index in [0.717, 1.165) is 29.0 Å². The summed E-state index contributed by atoms with van der Waals surface area (Å²) in [6, 6.07) is 13.4. The Morgan fingerprint density at radius 2 is 1.69 bits per heavy atom. The maximum Gasteiger partial charge on any atom is 0.242 e. The zero-order valence-corrected chi connectivity index (χ0v) is 14.1. The molecular weight excluding hydrogens is 357 g/mol. The van der Waals surface area contributed by atoms with Crippen molar-refractivity contribution in [2.45, 2.75) is 10.9 Å². The molecular formula is C19H12FNO4S. The highest BCUT2D eigenvalue weighted by Gasteiger charge is 2.40. The number of sulfonamides is 1. The van der Waals surface area contributed by atoms with Crippen LogP contribution in [0.1, 0.15) is 20.7 Å². The van der Waals surface area contributed by atoms with E-state index in [0.29, 0.717) is 0 Å². The summed E-state index contributed by atoms with van der Waals surface area (Å²) in [5, 5.41) is 1.70. The van der Waals surface area contributed by atoms with Crippen LogP contribution in [0.15, 0.2) is 65.6 Å². The predicted octanol–water partition coefficient (Wildman–Crippen LogP) is 2.71. The number of ketones is 2. The molecule has 1 unspecified atom stereocenters. The SMILES string of the molecule is O=C(c1ccc2ccccc2c1)C1NS(=O)(=O)c2ccc(F)cc2C1=O. The smallest absolute Gasteiger partial charge is 0.242 e. The predicted molar refractivity (Wildman–Crippen MR) is 93.1 cm³/mol. The molecule has 26 heavy (non-hydrogen) atoms. The van der Waals surface area contributed by atoms with Crippen molar-refractivity contribution >= 4 is 32.4 Å². The van der Waals surface area contributed by atoms with Gasteiger partial charge in [-0.15, -0.1) is 0 Å². The van der Waals surface area contributed by atoms with E-state index in [2.05, 4.69) is 4.72 Å². The normalized spacial score (nSPS) is 18.5. The fraction of sp³-hybridized carbons (Fsp3) is 0.0526. The second-order valence-electron chi connectivity index (χ2n) is 5.99. The molecule has 0 saturated carbocycles. The zero-order chi connectivity index (χ0) is 18.5. The van der Waals surface area contributed by atoms with Crippen molar-refractivity contribution in [1.29, 1.82) is 0 Å². The molecule has 0 radical (unpaired) electrons. The van der Waals surface area contributed by atoms with Gasteiger partial charge in [-0.05, 0) is 35.0 Å². The summed E-state index contributed by atoms with van der Waals surface area (Å²) in [7, 11) is -4.09. The molecule has 1 aliphatic rings. The second-order valence-corrected chi connectivity index (χ2v) is 7.67. The van der Waals surface area contributed by atoms with Gasteiger partial charge in [0.1, 0.15) is 11.9 Å².